The van der Waals surface area contributed by atoms with Crippen molar-refractivity contribution in [1.29, 1.82) is 0 Å². The number of nitrogens with zero attached hydrogens (tertiary/aromatic N) is 2. The van der Waals surface area contributed by atoms with Crippen LogP contribution in [-0.4, -0.2) is 25.7 Å². The number of hydrogen-bond acceptors (Lipinski definition) is 4. The lowest BCUT2D eigenvalue weighted by Gasteiger charge is -1.99. The van der Waals surface area contributed by atoms with Crippen molar-refractivity contribution in [1.82, 2.24) is 14.8 Å². The Bertz CT molecular complexity index is 638. The summed E-state index contributed by atoms with van der Waals surface area (Å²) in [5.74, 6) is -0.243. The molecule has 0 bridgehead atoms. The van der Waals surface area contributed by atoms with Gasteiger partial charge in [-0.25, -0.2) is 0 Å². The standard InChI is InChI=1S/C12H13N3O3/c1-7-11(12(18)15(2)14-7)10(17)5-8-3-4-9(16)6-13-8/h3-4,6,14,16H,5H2,1-2H3. The summed E-state index contributed by atoms with van der Waals surface area (Å²) in [7, 11) is 1.56. The summed E-state index contributed by atoms with van der Waals surface area (Å²) in [6, 6.07) is 3.01. The van der Waals surface area contributed by atoms with Crippen LogP contribution in [0.2, 0.25) is 0 Å². The summed E-state index contributed by atoms with van der Waals surface area (Å²) in [5.41, 5.74) is 0.885. The number of ketones is 1. The van der Waals surface area contributed by atoms with Crippen molar-refractivity contribution >= 4 is 5.78 Å². The molecule has 2 aromatic rings. The second-order valence-corrected chi connectivity index (χ2v) is 4.08. The number of aromatic amines is 1. The van der Waals surface area contributed by atoms with Crippen LogP contribution < -0.4 is 5.56 Å². The van der Waals surface area contributed by atoms with E-state index in [4.69, 9.17) is 5.11 Å². The van der Waals surface area contributed by atoms with E-state index in [0.717, 1.165) is 0 Å². The fourth-order valence-corrected chi connectivity index (χ4v) is 1.79. The van der Waals surface area contributed by atoms with Gasteiger partial charge in [-0.05, 0) is 19.1 Å². The Morgan fingerprint density at radius 1 is 1.50 bits per heavy atom. The predicted octanol–water partition coefficient (Wildman–Crippen LogP) is 0.548. The van der Waals surface area contributed by atoms with E-state index < -0.39 is 0 Å². The van der Waals surface area contributed by atoms with Gasteiger partial charge in [0.2, 0.25) is 0 Å². The first-order chi connectivity index (χ1) is 8.49. The number of carbonyl (C=O) groups excluding carboxylic acids is 1. The van der Waals surface area contributed by atoms with Crippen LogP contribution in [0, 0.1) is 6.92 Å². The van der Waals surface area contributed by atoms with Crippen LogP contribution in [0.25, 0.3) is 0 Å². The Morgan fingerprint density at radius 3 is 2.72 bits per heavy atom. The first kappa shape index (κ1) is 12.1. The number of Topliss-reactive ketones (excluding diaryl/α,β-unsaturated/α-hetero) is 1. The maximum absolute atomic E-state index is 12.0. The molecular formula is C12H13N3O3. The third-order valence-corrected chi connectivity index (χ3v) is 2.66. The zero-order valence-corrected chi connectivity index (χ0v) is 10.1. The zero-order valence-electron chi connectivity index (χ0n) is 10.1. The third kappa shape index (κ3) is 2.17. The Morgan fingerprint density at radius 2 is 2.22 bits per heavy atom. The van der Waals surface area contributed by atoms with Gasteiger partial charge < -0.3 is 5.11 Å². The molecule has 0 saturated carbocycles. The highest BCUT2D eigenvalue weighted by Crippen LogP contribution is 2.09. The Labute approximate surface area is 103 Å². The summed E-state index contributed by atoms with van der Waals surface area (Å²) in [6.45, 7) is 1.68. The van der Waals surface area contributed by atoms with Gasteiger partial charge in [0.15, 0.2) is 5.78 Å². The minimum atomic E-state index is -0.337. The summed E-state index contributed by atoms with van der Waals surface area (Å²) in [4.78, 5) is 27.7. The molecule has 2 N–H and O–H groups in total. The molecule has 0 saturated heterocycles. The van der Waals surface area contributed by atoms with Crippen molar-refractivity contribution < 1.29 is 9.90 Å². The third-order valence-electron chi connectivity index (χ3n) is 2.66. The van der Waals surface area contributed by atoms with Crippen molar-refractivity contribution in [2.75, 3.05) is 0 Å². The lowest BCUT2D eigenvalue weighted by Crippen LogP contribution is -2.20. The van der Waals surface area contributed by atoms with E-state index in [-0.39, 0.29) is 29.1 Å². The zero-order chi connectivity index (χ0) is 13.3. The Balaban J connectivity index is 2.27. The fourth-order valence-electron chi connectivity index (χ4n) is 1.79. The molecular weight excluding hydrogens is 234 g/mol. The van der Waals surface area contributed by atoms with Gasteiger partial charge >= 0.3 is 0 Å². The van der Waals surface area contributed by atoms with E-state index in [9.17, 15) is 9.59 Å². The number of rotatable bonds is 3. The molecule has 0 fully saturated rings. The van der Waals surface area contributed by atoms with Crippen molar-refractivity contribution in [3.63, 3.8) is 0 Å². The minimum Gasteiger partial charge on any atom is -0.506 e. The molecule has 6 heteroatoms. The molecule has 18 heavy (non-hydrogen) atoms. The molecule has 0 aromatic carbocycles. The Kier molecular flexibility index (Phi) is 3.01. The molecule has 6 nitrogen and oxygen atoms in total. The van der Waals surface area contributed by atoms with Gasteiger partial charge in [0.05, 0.1) is 12.6 Å². The van der Waals surface area contributed by atoms with Crippen LogP contribution in [0.15, 0.2) is 23.1 Å². The average molecular weight is 247 g/mol. The molecule has 2 aromatic heterocycles. The molecule has 94 valence electrons. The van der Waals surface area contributed by atoms with Gasteiger partial charge in [-0.3, -0.25) is 24.4 Å². The second kappa shape index (κ2) is 4.48. The lowest BCUT2D eigenvalue weighted by molar-refractivity contribution is 0.0990. The van der Waals surface area contributed by atoms with E-state index >= 15 is 0 Å². The summed E-state index contributed by atoms with van der Waals surface area (Å²) < 4.78 is 1.27. The predicted molar refractivity (Wildman–Crippen MR) is 64.7 cm³/mol. The molecule has 0 spiro atoms. The number of aryl methyl sites for hydroxylation is 2. The van der Waals surface area contributed by atoms with E-state index in [2.05, 4.69) is 10.1 Å². The smallest absolute Gasteiger partial charge is 0.277 e. The lowest BCUT2D eigenvalue weighted by atomic mass is 10.1. The van der Waals surface area contributed by atoms with E-state index in [1.165, 1.54) is 16.9 Å². The van der Waals surface area contributed by atoms with Crippen LogP contribution in [0.5, 0.6) is 5.75 Å². The van der Waals surface area contributed by atoms with Crippen LogP contribution in [0.4, 0.5) is 0 Å². The van der Waals surface area contributed by atoms with Gasteiger partial charge in [-0.15, -0.1) is 0 Å². The van der Waals surface area contributed by atoms with Crippen molar-refractivity contribution in [2.45, 2.75) is 13.3 Å². The number of aromatic nitrogens is 3. The van der Waals surface area contributed by atoms with Crippen molar-refractivity contribution in [3.8, 4) is 5.75 Å². The van der Waals surface area contributed by atoms with Crippen LogP contribution in [0.3, 0.4) is 0 Å². The maximum Gasteiger partial charge on any atom is 0.277 e. The number of nitrogens with one attached hydrogen (secondary N) is 1. The van der Waals surface area contributed by atoms with Gasteiger partial charge in [0.1, 0.15) is 11.3 Å². The molecule has 0 aliphatic carbocycles. The molecule has 0 aliphatic rings. The number of aromatic hydroxyl groups is 1. The molecule has 2 rings (SSSR count). The monoisotopic (exact) mass is 247 g/mol. The average Bonchev–Trinajstić information content (AvgIpc) is 2.56. The number of carbonyl (C=O) groups is 1. The highest BCUT2D eigenvalue weighted by Gasteiger charge is 2.17. The fraction of sp³-hybridized carbons (Fsp3) is 0.250. The topological polar surface area (TPSA) is 88.0 Å². The second-order valence-electron chi connectivity index (χ2n) is 4.08. The van der Waals surface area contributed by atoms with Gasteiger partial charge in [0, 0.05) is 18.4 Å². The SMILES string of the molecule is Cc1[nH]n(C)c(=O)c1C(=O)Cc1ccc(O)cn1. The van der Waals surface area contributed by atoms with Crippen LogP contribution in [0.1, 0.15) is 21.7 Å². The first-order valence-electron chi connectivity index (χ1n) is 5.41. The summed E-state index contributed by atoms with van der Waals surface area (Å²) >= 11 is 0. The summed E-state index contributed by atoms with van der Waals surface area (Å²) in [5, 5.41) is 11.9. The molecule has 0 amide bonds. The maximum atomic E-state index is 12.0. The largest absolute Gasteiger partial charge is 0.506 e. The van der Waals surface area contributed by atoms with E-state index in [0.29, 0.717) is 11.4 Å². The molecule has 0 unspecified atom stereocenters. The number of H-pyrrole nitrogens is 1. The molecule has 0 atom stereocenters. The highest BCUT2D eigenvalue weighted by molar-refractivity contribution is 5.97. The highest BCUT2D eigenvalue weighted by atomic mass is 16.3. The summed E-state index contributed by atoms with van der Waals surface area (Å²) in [6.07, 6.45) is 1.30. The van der Waals surface area contributed by atoms with Gasteiger partial charge in [-0.2, -0.15) is 0 Å². The number of hydrogen-bond donors (Lipinski definition) is 2. The quantitative estimate of drug-likeness (QED) is 0.775. The van der Waals surface area contributed by atoms with Gasteiger partial charge in [0.25, 0.3) is 5.56 Å². The van der Waals surface area contributed by atoms with Gasteiger partial charge in [-0.1, -0.05) is 0 Å². The number of pyridine rings is 1. The molecule has 0 radical (unpaired) electrons. The Hall–Kier alpha value is -2.37. The molecule has 0 aliphatic heterocycles. The van der Waals surface area contributed by atoms with Crippen molar-refractivity contribution in [2.24, 2.45) is 7.05 Å². The van der Waals surface area contributed by atoms with Crippen molar-refractivity contribution in [3.05, 3.63) is 45.6 Å². The van der Waals surface area contributed by atoms with Crippen LogP contribution >= 0.6 is 0 Å². The van der Waals surface area contributed by atoms with E-state index in [1.807, 2.05) is 0 Å². The minimum absolute atomic E-state index is 0.0359. The van der Waals surface area contributed by atoms with E-state index in [1.54, 1.807) is 20.0 Å². The van der Waals surface area contributed by atoms with Crippen LogP contribution in [-0.2, 0) is 13.5 Å². The molecule has 2 heterocycles. The first-order valence-corrected chi connectivity index (χ1v) is 5.41. The normalized spacial score (nSPS) is 10.6.